The first-order chi connectivity index (χ1) is 11.2. The SMILES string of the molecule is O=C(c1c[nH]c(=S)n1-c1ccccc1)N1CC[C@@]2(CCOC2)C1. The number of nitrogens with one attached hydrogen (secondary N) is 1. The zero-order valence-corrected chi connectivity index (χ0v) is 13.6. The van der Waals surface area contributed by atoms with Crippen molar-refractivity contribution in [1.82, 2.24) is 14.5 Å². The second-order valence-electron chi connectivity index (χ2n) is 6.43. The van der Waals surface area contributed by atoms with Crippen LogP contribution in [0, 0.1) is 10.2 Å². The summed E-state index contributed by atoms with van der Waals surface area (Å²) in [5.41, 5.74) is 1.66. The van der Waals surface area contributed by atoms with Gasteiger partial charge in [-0.2, -0.15) is 0 Å². The predicted octanol–water partition coefficient (Wildman–Crippen LogP) is 2.79. The van der Waals surface area contributed by atoms with Crippen molar-refractivity contribution in [1.29, 1.82) is 0 Å². The van der Waals surface area contributed by atoms with Gasteiger partial charge >= 0.3 is 0 Å². The number of para-hydroxylation sites is 1. The van der Waals surface area contributed by atoms with Gasteiger partial charge in [0, 0.05) is 37.0 Å². The predicted molar refractivity (Wildman–Crippen MR) is 89.3 cm³/mol. The van der Waals surface area contributed by atoms with Crippen LogP contribution in [0.1, 0.15) is 23.3 Å². The lowest BCUT2D eigenvalue weighted by atomic mass is 9.87. The standard InChI is InChI=1S/C17H19N3O2S/c21-15(19-8-6-17(11-19)7-9-22-12-17)14-10-18-16(23)20(14)13-4-2-1-3-5-13/h1-5,10H,6-9,11-12H2,(H,18,23)/t17-/m1/s1. The van der Waals surface area contributed by atoms with Gasteiger partial charge in [0.2, 0.25) is 0 Å². The Balaban J connectivity index is 1.64. The number of carbonyl (C=O) groups is 1. The highest BCUT2D eigenvalue weighted by Gasteiger charge is 2.43. The van der Waals surface area contributed by atoms with Crippen molar-refractivity contribution in [3.05, 3.63) is 47.0 Å². The Morgan fingerprint density at radius 1 is 1.26 bits per heavy atom. The highest BCUT2D eigenvalue weighted by molar-refractivity contribution is 7.71. The number of ether oxygens (including phenoxy) is 1. The summed E-state index contributed by atoms with van der Waals surface area (Å²) in [5, 5.41) is 0. The summed E-state index contributed by atoms with van der Waals surface area (Å²) < 4.78 is 7.90. The second kappa shape index (κ2) is 5.62. The van der Waals surface area contributed by atoms with Crippen LogP contribution in [-0.2, 0) is 4.74 Å². The number of aromatic amines is 1. The average Bonchev–Trinajstić information content (AvgIpc) is 3.29. The number of likely N-dealkylation sites (tertiary alicyclic amines) is 1. The first-order valence-electron chi connectivity index (χ1n) is 7.91. The summed E-state index contributed by atoms with van der Waals surface area (Å²) >= 11 is 5.37. The van der Waals surface area contributed by atoms with Gasteiger partial charge in [-0.1, -0.05) is 18.2 Å². The fourth-order valence-corrected chi connectivity index (χ4v) is 3.86. The first-order valence-corrected chi connectivity index (χ1v) is 8.32. The summed E-state index contributed by atoms with van der Waals surface area (Å²) in [6.45, 7) is 3.15. The van der Waals surface area contributed by atoms with Crippen LogP contribution in [-0.4, -0.2) is 46.7 Å². The van der Waals surface area contributed by atoms with E-state index in [4.69, 9.17) is 17.0 Å². The first kappa shape index (κ1) is 14.7. The van der Waals surface area contributed by atoms with Gasteiger partial charge < -0.3 is 14.6 Å². The molecule has 1 atom stereocenters. The minimum atomic E-state index is 0.0324. The molecule has 2 fully saturated rings. The molecule has 2 aliphatic heterocycles. The minimum Gasteiger partial charge on any atom is -0.381 e. The quantitative estimate of drug-likeness (QED) is 0.862. The molecule has 0 radical (unpaired) electrons. The van der Waals surface area contributed by atoms with E-state index in [0.29, 0.717) is 10.5 Å². The Labute approximate surface area is 139 Å². The van der Waals surface area contributed by atoms with Crippen LogP contribution in [0.2, 0.25) is 0 Å². The van der Waals surface area contributed by atoms with Gasteiger partial charge in [-0.05, 0) is 37.2 Å². The van der Waals surface area contributed by atoms with E-state index in [1.807, 2.05) is 39.8 Å². The molecule has 0 unspecified atom stereocenters. The number of aromatic nitrogens is 2. The van der Waals surface area contributed by atoms with Crippen molar-refractivity contribution in [2.45, 2.75) is 12.8 Å². The normalized spacial score (nSPS) is 23.7. The van der Waals surface area contributed by atoms with Gasteiger partial charge in [-0.15, -0.1) is 0 Å². The van der Waals surface area contributed by atoms with Crippen LogP contribution < -0.4 is 0 Å². The zero-order valence-electron chi connectivity index (χ0n) is 12.8. The number of benzene rings is 1. The van der Waals surface area contributed by atoms with Gasteiger partial charge in [0.25, 0.3) is 5.91 Å². The molecule has 1 spiro atoms. The van der Waals surface area contributed by atoms with Crippen molar-refractivity contribution in [3.8, 4) is 5.69 Å². The number of carbonyl (C=O) groups excluding carboxylic acids is 1. The smallest absolute Gasteiger partial charge is 0.272 e. The summed E-state index contributed by atoms with van der Waals surface area (Å²) in [6.07, 6.45) is 3.79. The highest BCUT2D eigenvalue weighted by Crippen LogP contribution is 2.38. The zero-order chi connectivity index (χ0) is 15.9. The van der Waals surface area contributed by atoms with Crippen LogP contribution in [0.4, 0.5) is 0 Å². The Bertz CT molecular complexity index is 775. The third-order valence-electron chi connectivity index (χ3n) is 4.92. The van der Waals surface area contributed by atoms with Gasteiger partial charge in [0.1, 0.15) is 5.69 Å². The van der Waals surface area contributed by atoms with Crippen LogP contribution in [0.5, 0.6) is 0 Å². The van der Waals surface area contributed by atoms with Crippen molar-refractivity contribution in [2.75, 3.05) is 26.3 Å². The Morgan fingerprint density at radius 3 is 2.83 bits per heavy atom. The van der Waals surface area contributed by atoms with Gasteiger partial charge in [-0.3, -0.25) is 9.36 Å². The molecule has 6 heteroatoms. The van der Waals surface area contributed by atoms with E-state index in [2.05, 4.69) is 4.98 Å². The number of hydrogen-bond acceptors (Lipinski definition) is 3. The van der Waals surface area contributed by atoms with Gasteiger partial charge in [0.15, 0.2) is 4.77 Å². The van der Waals surface area contributed by atoms with Gasteiger partial charge in [-0.25, -0.2) is 0 Å². The van der Waals surface area contributed by atoms with E-state index in [1.54, 1.807) is 6.20 Å². The lowest BCUT2D eigenvalue weighted by Crippen LogP contribution is -2.33. The molecule has 4 rings (SSSR count). The fraction of sp³-hybridized carbons (Fsp3) is 0.412. The Morgan fingerprint density at radius 2 is 2.09 bits per heavy atom. The third-order valence-corrected chi connectivity index (χ3v) is 5.22. The molecular weight excluding hydrogens is 310 g/mol. The minimum absolute atomic E-state index is 0.0324. The topological polar surface area (TPSA) is 50.3 Å². The molecule has 23 heavy (non-hydrogen) atoms. The number of H-pyrrole nitrogens is 1. The number of rotatable bonds is 2. The molecule has 2 aromatic rings. The number of nitrogens with zero attached hydrogens (tertiary/aromatic N) is 2. The molecule has 2 saturated heterocycles. The molecule has 0 saturated carbocycles. The summed E-state index contributed by atoms with van der Waals surface area (Å²) in [5.74, 6) is 0.0324. The van der Waals surface area contributed by atoms with Gasteiger partial charge in [0.05, 0.1) is 6.61 Å². The fourth-order valence-electron chi connectivity index (χ4n) is 3.60. The van der Waals surface area contributed by atoms with Crippen molar-refractivity contribution >= 4 is 18.1 Å². The number of imidazole rings is 1. The monoisotopic (exact) mass is 329 g/mol. The van der Waals surface area contributed by atoms with E-state index < -0.39 is 0 Å². The summed E-state index contributed by atoms with van der Waals surface area (Å²) in [4.78, 5) is 17.9. The molecule has 0 bridgehead atoms. The molecule has 1 aromatic heterocycles. The highest BCUT2D eigenvalue weighted by atomic mass is 32.1. The molecular formula is C17H19N3O2S. The Kier molecular flexibility index (Phi) is 3.58. The molecule has 3 heterocycles. The van der Waals surface area contributed by atoms with Crippen LogP contribution in [0.15, 0.2) is 36.5 Å². The largest absolute Gasteiger partial charge is 0.381 e. The van der Waals surface area contributed by atoms with Crippen molar-refractivity contribution < 1.29 is 9.53 Å². The lowest BCUT2D eigenvalue weighted by Gasteiger charge is -2.22. The maximum absolute atomic E-state index is 13.0. The molecule has 1 amide bonds. The summed E-state index contributed by atoms with van der Waals surface area (Å²) in [6, 6.07) is 9.75. The Hall–Kier alpha value is -1.92. The maximum Gasteiger partial charge on any atom is 0.272 e. The van der Waals surface area contributed by atoms with Crippen LogP contribution in [0.25, 0.3) is 5.69 Å². The van der Waals surface area contributed by atoms with E-state index in [-0.39, 0.29) is 11.3 Å². The molecule has 1 aromatic carbocycles. The summed E-state index contributed by atoms with van der Waals surface area (Å²) in [7, 11) is 0. The molecule has 2 aliphatic rings. The van der Waals surface area contributed by atoms with E-state index >= 15 is 0 Å². The average molecular weight is 329 g/mol. The number of hydrogen-bond donors (Lipinski definition) is 1. The van der Waals surface area contributed by atoms with E-state index in [9.17, 15) is 4.79 Å². The van der Waals surface area contributed by atoms with Crippen molar-refractivity contribution in [2.24, 2.45) is 5.41 Å². The molecule has 5 nitrogen and oxygen atoms in total. The number of amides is 1. The molecule has 0 aliphatic carbocycles. The van der Waals surface area contributed by atoms with E-state index in [0.717, 1.165) is 44.8 Å². The third kappa shape index (κ3) is 2.52. The van der Waals surface area contributed by atoms with E-state index in [1.165, 1.54) is 0 Å². The second-order valence-corrected chi connectivity index (χ2v) is 6.82. The van der Waals surface area contributed by atoms with Crippen LogP contribution in [0.3, 0.4) is 0 Å². The maximum atomic E-state index is 13.0. The lowest BCUT2D eigenvalue weighted by molar-refractivity contribution is 0.0757. The molecule has 1 N–H and O–H groups in total. The molecule has 120 valence electrons. The van der Waals surface area contributed by atoms with Crippen molar-refractivity contribution in [3.63, 3.8) is 0 Å². The van der Waals surface area contributed by atoms with Crippen LogP contribution >= 0.6 is 12.2 Å².